The molecule has 1 aliphatic carbocycles. The molecule has 0 unspecified atom stereocenters. The number of benzene rings is 1. The van der Waals surface area contributed by atoms with Crippen molar-refractivity contribution in [3.8, 4) is 10.4 Å². The molecule has 1 saturated heterocycles. The van der Waals surface area contributed by atoms with Crippen molar-refractivity contribution in [2.45, 2.75) is 76.3 Å². The molecule has 8 heteroatoms. The van der Waals surface area contributed by atoms with Gasteiger partial charge in [0.15, 0.2) is 5.13 Å². The molecule has 2 atom stereocenters. The average Bonchev–Trinajstić information content (AvgIpc) is 3.38. The van der Waals surface area contributed by atoms with E-state index in [9.17, 15) is 8.42 Å². The van der Waals surface area contributed by atoms with Gasteiger partial charge in [-0.05, 0) is 69.7 Å². The summed E-state index contributed by atoms with van der Waals surface area (Å²) < 4.78 is 28.9. The first-order valence-corrected chi connectivity index (χ1v) is 13.7. The van der Waals surface area contributed by atoms with Gasteiger partial charge in [0.05, 0.1) is 15.5 Å². The maximum atomic E-state index is 13.0. The van der Waals surface area contributed by atoms with E-state index in [1.54, 1.807) is 17.4 Å². The predicted octanol–water partition coefficient (Wildman–Crippen LogP) is 4.45. The summed E-state index contributed by atoms with van der Waals surface area (Å²) >= 11 is 1.62. The maximum absolute atomic E-state index is 13.0. The first-order chi connectivity index (χ1) is 14.8. The Morgan fingerprint density at radius 3 is 2.65 bits per heavy atom. The average molecular weight is 463 g/mol. The molecule has 0 bridgehead atoms. The van der Waals surface area contributed by atoms with Crippen molar-refractivity contribution >= 4 is 26.5 Å². The molecule has 6 nitrogen and oxygen atoms in total. The largest absolute Gasteiger partial charge is 0.359 e. The lowest BCUT2D eigenvalue weighted by Crippen LogP contribution is -2.36. The van der Waals surface area contributed by atoms with Crippen LogP contribution in [-0.4, -0.2) is 38.6 Å². The Morgan fingerprint density at radius 2 is 1.94 bits per heavy atom. The first kappa shape index (κ1) is 22.7. The fraction of sp³-hybridized carbons (Fsp3) is 0.609. The van der Waals surface area contributed by atoms with Gasteiger partial charge in [-0.1, -0.05) is 42.7 Å². The SMILES string of the molecule is Cc1ccc(-c2sc(N[C@H](C)C3CCCCC3)nc2C)cc1S(=O)(=O)N[C@H]1CCNC1. The fourth-order valence-corrected chi connectivity index (χ4v) is 7.34. The third kappa shape index (κ3) is 5.30. The number of rotatable bonds is 7. The van der Waals surface area contributed by atoms with Gasteiger partial charge in [0.2, 0.25) is 10.0 Å². The number of nitrogens with zero attached hydrogens (tertiary/aromatic N) is 1. The van der Waals surface area contributed by atoms with Crippen LogP contribution in [0.2, 0.25) is 0 Å². The normalized spacial score (nSPS) is 21.3. The molecule has 3 N–H and O–H groups in total. The second-order valence-electron chi connectivity index (χ2n) is 9.06. The molecule has 2 fully saturated rings. The number of anilines is 1. The van der Waals surface area contributed by atoms with Crippen molar-refractivity contribution in [3.63, 3.8) is 0 Å². The Morgan fingerprint density at radius 1 is 1.16 bits per heavy atom. The zero-order valence-electron chi connectivity index (χ0n) is 18.7. The molecule has 0 amide bonds. The van der Waals surface area contributed by atoms with Crippen LogP contribution in [0.25, 0.3) is 10.4 Å². The highest BCUT2D eigenvalue weighted by atomic mass is 32.2. The predicted molar refractivity (Wildman–Crippen MR) is 128 cm³/mol. The van der Waals surface area contributed by atoms with Crippen molar-refractivity contribution in [3.05, 3.63) is 29.5 Å². The van der Waals surface area contributed by atoms with E-state index in [4.69, 9.17) is 4.98 Å². The lowest BCUT2D eigenvalue weighted by atomic mass is 9.85. The highest BCUT2D eigenvalue weighted by Gasteiger charge is 2.25. The molecule has 1 aliphatic heterocycles. The van der Waals surface area contributed by atoms with Crippen LogP contribution in [0.15, 0.2) is 23.1 Å². The standard InChI is InChI=1S/C23H34N4O2S2/c1-15-9-10-19(13-21(15)31(28,29)27-20-11-12-24-14-20)22-17(3)26-23(30-22)25-16(2)18-7-5-4-6-8-18/h9-10,13,16,18,20,24,27H,4-8,11-12,14H2,1-3H3,(H,25,26)/t16-,20+/m1/s1. The second kappa shape index (κ2) is 9.57. The molecule has 0 spiro atoms. The topological polar surface area (TPSA) is 83.1 Å². The minimum absolute atomic E-state index is 0.0460. The monoisotopic (exact) mass is 462 g/mol. The zero-order chi connectivity index (χ0) is 22.0. The van der Waals surface area contributed by atoms with Crippen LogP contribution >= 0.6 is 11.3 Å². The number of nitrogens with one attached hydrogen (secondary N) is 3. The van der Waals surface area contributed by atoms with E-state index in [2.05, 4.69) is 22.3 Å². The van der Waals surface area contributed by atoms with E-state index in [0.29, 0.717) is 23.4 Å². The van der Waals surface area contributed by atoms with E-state index in [0.717, 1.165) is 39.8 Å². The minimum atomic E-state index is -3.57. The van der Waals surface area contributed by atoms with Crippen LogP contribution in [-0.2, 0) is 10.0 Å². The number of hydrogen-bond acceptors (Lipinski definition) is 6. The smallest absolute Gasteiger partial charge is 0.241 e. The van der Waals surface area contributed by atoms with Gasteiger partial charge in [-0.25, -0.2) is 18.1 Å². The van der Waals surface area contributed by atoms with Crippen molar-refractivity contribution < 1.29 is 8.42 Å². The lowest BCUT2D eigenvalue weighted by Gasteiger charge is -2.28. The third-order valence-corrected chi connectivity index (χ3v) is 9.43. The molecule has 2 heterocycles. The lowest BCUT2D eigenvalue weighted by molar-refractivity contribution is 0.328. The number of sulfonamides is 1. The number of aryl methyl sites for hydroxylation is 2. The fourth-order valence-electron chi connectivity index (χ4n) is 4.74. The van der Waals surface area contributed by atoms with Gasteiger partial charge in [0.1, 0.15) is 0 Å². The molecule has 1 aromatic carbocycles. The Labute approximate surface area is 190 Å². The first-order valence-electron chi connectivity index (χ1n) is 11.4. The molecule has 2 aliphatic rings. The van der Waals surface area contributed by atoms with Crippen LogP contribution in [0.4, 0.5) is 5.13 Å². The van der Waals surface area contributed by atoms with E-state index in [1.807, 2.05) is 26.0 Å². The summed E-state index contributed by atoms with van der Waals surface area (Å²) in [5.74, 6) is 0.702. The van der Waals surface area contributed by atoms with Gasteiger partial charge in [-0.15, -0.1) is 0 Å². The molecular formula is C23H34N4O2S2. The second-order valence-corrected chi connectivity index (χ2v) is 11.7. The van der Waals surface area contributed by atoms with Gasteiger partial charge < -0.3 is 10.6 Å². The molecular weight excluding hydrogens is 428 g/mol. The summed E-state index contributed by atoms with van der Waals surface area (Å²) in [6.45, 7) is 7.64. The van der Waals surface area contributed by atoms with Gasteiger partial charge in [0.25, 0.3) is 0 Å². The Balaban J connectivity index is 1.55. The maximum Gasteiger partial charge on any atom is 0.241 e. The summed E-state index contributed by atoms with van der Waals surface area (Å²) in [5, 5.41) is 7.75. The van der Waals surface area contributed by atoms with E-state index >= 15 is 0 Å². The Bertz CT molecular complexity index is 1010. The van der Waals surface area contributed by atoms with Crippen molar-refractivity contribution in [1.29, 1.82) is 0 Å². The molecule has 2 aromatic rings. The summed E-state index contributed by atoms with van der Waals surface area (Å²) in [4.78, 5) is 6.13. The molecule has 4 rings (SSSR count). The van der Waals surface area contributed by atoms with Gasteiger partial charge in [0, 0.05) is 18.6 Å². The van der Waals surface area contributed by atoms with Crippen LogP contribution < -0.4 is 15.4 Å². The van der Waals surface area contributed by atoms with Crippen LogP contribution in [0.5, 0.6) is 0 Å². The highest BCUT2D eigenvalue weighted by Crippen LogP contribution is 2.36. The van der Waals surface area contributed by atoms with Crippen molar-refractivity contribution in [2.24, 2.45) is 5.92 Å². The van der Waals surface area contributed by atoms with Crippen molar-refractivity contribution in [1.82, 2.24) is 15.0 Å². The molecule has 0 radical (unpaired) electrons. The summed E-state index contributed by atoms with van der Waals surface area (Å²) in [6, 6.07) is 6.05. The quantitative estimate of drug-likeness (QED) is 0.566. The highest BCUT2D eigenvalue weighted by molar-refractivity contribution is 7.89. The van der Waals surface area contributed by atoms with E-state index in [1.165, 1.54) is 32.1 Å². The van der Waals surface area contributed by atoms with E-state index < -0.39 is 10.0 Å². The van der Waals surface area contributed by atoms with Crippen molar-refractivity contribution in [2.75, 3.05) is 18.4 Å². The number of aromatic nitrogens is 1. The van der Waals surface area contributed by atoms with Crippen LogP contribution in [0, 0.1) is 19.8 Å². The molecule has 1 saturated carbocycles. The van der Waals surface area contributed by atoms with Gasteiger partial charge in [-0.3, -0.25) is 0 Å². The third-order valence-electron chi connectivity index (χ3n) is 6.63. The van der Waals surface area contributed by atoms with Crippen LogP contribution in [0.3, 0.4) is 0 Å². The number of hydrogen-bond donors (Lipinski definition) is 3. The molecule has 31 heavy (non-hydrogen) atoms. The summed E-state index contributed by atoms with van der Waals surface area (Å²) in [5.41, 5.74) is 2.60. The summed E-state index contributed by atoms with van der Waals surface area (Å²) in [7, 11) is -3.57. The zero-order valence-corrected chi connectivity index (χ0v) is 20.3. The molecule has 1 aromatic heterocycles. The summed E-state index contributed by atoms with van der Waals surface area (Å²) in [6.07, 6.45) is 7.39. The number of thiazole rings is 1. The minimum Gasteiger partial charge on any atom is -0.359 e. The van der Waals surface area contributed by atoms with Crippen LogP contribution in [0.1, 0.15) is 56.7 Å². The van der Waals surface area contributed by atoms with Gasteiger partial charge in [-0.2, -0.15) is 0 Å². The Hall–Kier alpha value is -1.48. The Kier molecular flexibility index (Phi) is 7.01. The van der Waals surface area contributed by atoms with Gasteiger partial charge >= 0.3 is 0 Å². The molecule has 170 valence electrons. The van der Waals surface area contributed by atoms with E-state index in [-0.39, 0.29) is 6.04 Å².